The molecule has 0 spiro atoms. The lowest BCUT2D eigenvalue weighted by atomic mass is 10.3. The molecule has 1 aromatic heterocycles. The maximum absolute atomic E-state index is 11.8. The zero-order valence-corrected chi connectivity index (χ0v) is 9.40. The number of anilines is 1. The number of nitrogens with one attached hydrogen (secondary N) is 3. The van der Waals surface area contributed by atoms with Crippen molar-refractivity contribution in [3.63, 3.8) is 0 Å². The van der Waals surface area contributed by atoms with Gasteiger partial charge in [0.2, 0.25) is 5.91 Å². The van der Waals surface area contributed by atoms with E-state index in [1.54, 1.807) is 4.90 Å². The second-order valence-corrected chi connectivity index (χ2v) is 3.75. The third kappa shape index (κ3) is 3.04. The van der Waals surface area contributed by atoms with Crippen LogP contribution in [0.2, 0.25) is 0 Å². The van der Waals surface area contributed by atoms with Crippen LogP contribution >= 0.6 is 0 Å². The number of aromatic nitrogens is 2. The van der Waals surface area contributed by atoms with Crippen molar-refractivity contribution >= 4 is 11.7 Å². The highest BCUT2D eigenvalue weighted by molar-refractivity contribution is 5.80. The maximum Gasteiger partial charge on any atom is 0.290 e. The van der Waals surface area contributed by atoms with E-state index >= 15 is 0 Å². The smallest absolute Gasteiger partial charge is 0.290 e. The molecule has 0 aliphatic carbocycles. The van der Waals surface area contributed by atoms with Crippen LogP contribution in [0.25, 0.3) is 0 Å². The molecule has 0 bridgehead atoms. The molecule has 0 unspecified atom stereocenters. The summed E-state index contributed by atoms with van der Waals surface area (Å²) in [5, 5.41) is 5.91. The topological polar surface area (TPSA) is 90.1 Å². The summed E-state index contributed by atoms with van der Waals surface area (Å²) in [4.78, 5) is 31.2. The molecule has 1 aliphatic heterocycles. The van der Waals surface area contributed by atoms with Gasteiger partial charge in [-0.05, 0) is 0 Å². The summed E-state index contributed by atoms with van der Waals surface area (Å²) < 4.78 is 0. The van der Waals surface area contributed by atoms with Crippen molar-refractivity contribution < 1.29 is 4.79 Å². The third-order valence-electron chi connectivity index (χ3n) is 2.58. The van der Waals surface area contributed by atoms with Crippen LogP contribution in [0.3, 0.4) is 0 Å². The van der Waals surface area contributed by atoms with Gasteiger partial charge in [-0.15, -0.1) is 0 Å². The standard InChI is InChI=1S/C10H15N5O2/c16-8(15-5-3-11-4-6-15)7-14-9-10(17)13-2-1-12-9/h1-2,11H,3-7H2,(H,12,14)(H,13,17). The molecule has 7 nitrogen and oxygen atoms in total. The first-order valence-electron chi connectivity index (χ1n) is 5.53. The highest BCUT2D eigenvalue weighted by Gasteiger charge is 2.15. The first kappa shape index (κ1) is 11.6. The van der Waals surface area contributed by atoms with Gasteiger partial charge in [-0.25, -0.2) is 4.98 Å². The molecule has 7 heteroatoms. The number of H-pyrrole nitrogens is 1. The van der Waals surface area contributed by atoms with Crippen LogP contribution in [0.1, 0.15) is 0 Å². The number of aromatic amines is 1. The zero-order valence-electron chi connectivity index (χ0n) is 9.40. The van der Waals surface area contributed by atoms with Gasteiger partial charge in [0.15, 0.2) is 5.82 Å². The number of carbonyl (C=O) groups excluding carboxylic acids is 1. The minimum Gasteiger partial charge on any atom is -0.356 e. The lowest BCUT2D eigenvalue weighted by molar-refractivity contribution is -0.129. The van der Waals surface area contributed by atoms with Gasteiger partial charge in [-0.1, -0.05) is 0 Å². The highest BCUT2D eigenvalue weighted by Crippen LogP contribution is 1.95. The Kier molecular flexibility index (Phi) is 3.71. The second-order valence-electron chi connectivity index (χ2n) is 3.75. The van der Waals surface area contributed by atoms with E-state index in [0.717, 1.165) is 13.1 Å². The summed E-state index contributed by atoms with van der Waals surface area (Å²) >= 11 is 0. The van der Waals surface area contributed by atoms with Crippen molar-refractivity contribution in [2.45, 2.75) is 0 Å². The molecular weight excluding hydrogens is 222 g/mol. The normalized spacial score (nSPS) is 15.6. The quantitative estimate of drug-likeness (QED) is 0.602. The van der Waals surface area contributed by atoms with Gasteiger partial charge < -0.3 is 20.5 Å². The number of nitrogens with zero attached hydrogens (tertiary/aromatic N) is 2. The highest BCUT2D eigenvalue weighted by atomic mass is 16.2. The van der Waals surface area contributed by atoms with Crippen LogP contribution in [0.4, 0.5) is 5.82 Å². The Balaban J connectivity index is 1.87. The average molecular weight is 237 g/mol. The number of amides is 1. The molecule has 0 aromatic carbocycles. The number of carbonyl (C=O) groups is 1. The lowest BCUT2D eigenvalue weighted by Gasteiger charge is -2.27. The van der Waals surface area contributed by atoms with Gasteiger partial charge in [0, 0.05) is 38.6 Å². The first-order valence-corrected chi connectivity index (χ1v) is 5.53. The SMILES string of the molecule is O=C(CNc1ncc[nH]c1=O)N1CCNCC1. The summed E-state index contributed by atoms with van der Waals surface area (Å²) in [5.74, 6) is 0.160. The molecule has 1 saturated heterocycles. The monoisotopic (exact) mass is 237 g/mol. The van der Waals surface area contributed by atoms with Crippen LogP contribution in [0.15, 0.2) is 17.2 Å². The summed E-state index contributed by atoms with van der Waals surface area (Å²) in [6, 6.07) is 0. The number of hydrogen-bond acceptors (Lipinski definition) is 5. The van der Waals surface area contributed by atoms with E-state index in [1.165, 1.54) is 12.4 Å². The summed E-state index contributed by atoms with van der Waals surface area (Å²) in [6.07, 6.45) is 2.92. The zero-order chi connectivity index (χ0) is 12.1. The lowest BCUT2D eigenvalue weighted by Crippen LogP contribution is -2.48. The molecule has 2 rings (SSSR count). The Morgan fingerprint density at radius 3 is 2.94 bits per heavy atom. The molecular formula is C10H15N5O2. The van der Waals surface area contributed by atoms with E-state index < -0.39 is 0 Å². The van der Waals surface area contributed by atoms with Gasteiger partial charge in [-0.2, -0.15) is 0 Å². The third-order valence-corrected chi connectivity index (χ3v) is 2.58. The van der Waals surface area contributed by atoms with Crippen molar-refractivity contribution in [1.82, 2.24) is 20.2 Å². The Hall–Kier alpha value is -1.89. The van der Waals surface area contributed by atoms with Crippen LogP contribution in [0, 0.1) is 0 Å². The Morgan fingerprint density at radius 2 is 2.24 bits per heavy atom. The fraction of sp³-hybridized carbons (Fsp3) is 0.500. The summed E-state index contributed by atoms with van der Waals surface area (Å²) in [7, 11) is 0. The molecule has 1 amide bonds. The Labute approximate surface area is 98.2 Å². The number of hydrogen-bond donors (Lipinski definition) is 3. The van der Waals surface area contributed by atoms with Crippen LogP contribution in [-0.4, -0.2) is 53.5 Å². The van der Waals surface area contributed by atoms with Crippen molar-refractivity contribution in [1.29, 1.82) is 0 Å². The van der Waals surface area contributed by atoms with Gasteiger partial charge in [0.1, 0.15) is 0 Å². The molecule has 0 saturated carbocycles. The van der Waals surface area contributed by atoms with E-state index in [9.17, 15) is 9.59 Å². The fourth-order valence-corrected chi connectivity index (χ4v) is 1.66. The van der Waals surface area contributed by atoms with E-state index in [2.05, 4.69) is 20.6 Å². The maximum atomic E-state index is 11.8. The van der Waals surface area contributed by atoms with E-state index in [0.29, 0.717) is 13.1 Å². The van der Waals surface area contributed by atoms with Gasteiger partial charge in [0.25, 0.3) is 5.56 Å². The molecule has 3 N–H and O–H groups in total. The van der Waals surface area contributed by atoms with Crippen LogP contribution in [0.5, 0.6) is 0 Å². The molecule has 1 aliphatic rings. The predicted octanol–water partition coefficient (Wildman–Crippen LogP) is -1.39. The van der Waals surface area contributed by atoms with E-state index in [4.69, 9.17) is 0 Å². The summed E-state index contributed by atoms with van der Waals surface area (Å²) in [6.45, 7) is 3.14. The fourth-order valence-electron chi connectivity index (χ4n) is 1.66. The van der Waals surface area contributed by atoms with Gasteiger partial charge in [0.05, 0.1) is 6.54 Å². The van der Waals surface area contributed by atoms with Crippen LogP contribution in [-0.2, 0) is 4.79 Å². The average Bonchev–Trinajstić information content (AvgIpc) is 2.38. The Morgan fingerprint density at radius 1 is 1.47 bits per heavy atom. The van der Waals surface area contributed by atoms with E-state index in [1.807, 2.05) is 0 Å². The van der Waals surface area contributed by atoms with Gasteiger partial charge >= 0.3 is 0 Å². The first-order chi connectivity index (χ1) is 8.27. The minimum absolute atomic E-state index is 0.0171. The number of piperazine rings is 1. The molecule has 92 valence electrons. The minimum atomic E-state index is -0.319. The molecule has 2 heterocycles. The van der Waals surface area contributed by atoms with Crippen molar-refractivity contribution in [3.05, 3.63) is 22.7 Å². The second kappa shape index (κ2) is 5.44. The number of rotatable bonds is 3. The van der Waals surface area contributed by atoms with E-state index in [-0.39, 0.29) is 23.8 Å². The molecule has 1 aromatic rings. The predicted molar refractivity (Wildman–Crippen MR) is 62.8 cm³/mol. The molecule has 0 radical (unpaired) electrons. The van der Waals surface area contributed by atoms with Crippen molar-refractivity contribution in [2.75, 3.05) is 38.0 Å². The molecule has 0 atom stereocenters. The Bertz CT molecular complexity index is 438. The summed E-state index contributed by atoms with van der Waals surface area (Å²) in [5.41, 5.74) is -0.319. The molecule has 1 fully saturated rings. The van der Waals surface area contributed by atoms with Crippen molar-refractivity contribution in [3.8, 4) is 0 Å². The van der Waals surface area contributed by atoms with Crippen molar-refractivity contribution in [2.24, 2.45) is 0 Å². The van der Waals surface area contributed by atoms with Crippen LogP contribution < -0.4 is 16.2 Å². The molecule has 17 heavy (non-hydrogen) atoms. The van der Waals surface area contributed by atoms with Gasteiger partial charge in [-0.3, -0.25) is 9.59 Å². The largest absolute Gasteiger partial charge is 0.356 e.